The second kappa shape index (κ2) is 12.4. The van der Waals surface area contributed by atoms with Crippen LogP contribution in [0.2, 0.25) is 0 Å². The molecule has 0 spiro atoms. The van der Waals surface area contributed by atoms with Gasteiger partial charge in [-0.3, -0.25) is 24.0 Å². The zero-order valence-electron chi connectivity index (χ0n) is 18.8. The van der Waals surface area contributed by atoms with E-state index in [1.807, 2.05) is 0 Å². The summed E-state index contributed by atoms with van der Waals surface area (Å²) in [6.07, 6.45) is -5.17. The van der Waals surface area contributed by atoms with Gasteiger partial charge in [0.15, 0.2) is 0 Å². The highest BCUT2D eigenvalue weighted by Gasteiger charge is 2.42. The summed E-state index contributed by atoms with van der Waals surface area (Å²) in [4.78, 5) is 59.9. The van der Waals surface area contributed by atoms with E-state index in [0.717, 1.165) is 6.92 Å². The molecule has 13 heteroatoms. The fraction of sp³-hybridized carbons (Fsp3) is 0.737. The minimum atomic E-state index is -5.17. The van der Waals surface area contributed by atoms with Gasteiger partial charge < -0.3 is 26.4 Å². The number of aliphatic hydroxyl groups is 1. The van der Waals surface area contributed by atoms with Crippen molar-refractivity contribution in [3.63, 3.8) is 0 Å². The molecular formula is C19H31F3N4O6. The van der Waals surface area contributed by atoms with E-state index in [0.29, 0.717) is 0 Å². The molecule has 1 unspecified atom stereocenters. The Bertz CT molecular complexity index is 712. The first kappa shape index (κ1) is 29.3. The van der Waals surface area contributed by atoms with Crippen LogP contribution in [0.3, 0.4) is 0 Å². The molecule has 0 aliphatic carbocycles. The van der Waals surface area contributed by atoms with Gasteiger partial charge in [0.05, 0.1) is 12.6 Å². The predicted molar refractivity (Wildman–Crippen MR) is 107 cm³/mol. The number of alkyl halides is 3. The minimum absolute atomic E-state index is 0.307. The Labute approximate surface area is 184 Å². The molecule has 0 aliphatic rings. The number of carbonyl (C=O) groups is 5. The molecule has 0 fully saturated rings. The van der Waals surface area contributed by atoms with E-state index in [1.54, 1.807) is 33.0 Å². The van der Waals surface area contributed by atoms with E-state index in [1.165, 1.54) is 6.92 Å². The third kappa shape index (κ3) is 9.20. The summed E-state index contributed by atoms with van der Waals surface area (Å²) in [7, 11) is 0. The molecule has 0 rings (SSSR count). The van der Waals surface area contributed by atoms with Crippen LogP contribution in [0.1, 0.15) is 41.5 Å². The monoisotopic (exact) mass is 468 g/mol. The predicted octanol–water partition coefficient (Wildman–Crippen LogP) is -0.599. The first-order valence-electron chi connectivity index (χ1n) is 9.92. The number of rotatable bonds is 11. The molecule has 5 N–H and O–H groups in total. The highest BCUT2D eigenvalue weighted by molar-refractivity contribution is 5.96. The lowest BCUT2D eigenvalue weighted by atomic mass is 9.99. The molecule has 0 heterocycles. The third-order valence-electron chi connectivity index (χ3n) is 4.40. The second-order valence-electron chi connectivity index (χ2n) is 7.99. The summed E-state index contributed by atoms with van der Waals surface area (Å²) >= 11 is 0. The quantitative estimate of drug-likeness (QED) is 0.273. The molecule has 32 heavy (non-hydrogen) atoms. The van der Waals surface area contributed by atoms with Gasteiger partial charge in [0, 0.05) is 6.92 Å². The maximum Gasteiger partial charge on any atom is 0.452 e. The molecule has 184 valence electrons. The molecule has 0 saturated carbocycles. The average molecular weight is 468 g/mol. The van der Waals surface area contributed by atoms with E-state index < -0.39 is 72.3 Å². The first-order valence-corrected chi connectivity index (χ1v) is 9.92. The lowest BCUT2D eigenvalue weighted by Crippen LogP contribution is -2.60. The summed E-state index contributed by atoms with van der Waals surface area (Å²) in [5.74, 6) is -6.20. The van der Waals surface area contributed by atoms with E-state index in [4.69, 9.17) is 0 Å². The fourth-order valence-corrected chi connectivity index (χ4v) is 2.61. The Morgan fingerprint density at radius 3 is 1.56 bits per heavy atom. The Kier molecular flexibility index (Phi) is 11.3. The molecular weight excluding hydrogens is 437 g/mol. The summed E-state index contributed by atoms with van der Waals surface area (Å²) in [6, 6.07) is -5.72. The molecule has 0 radical (unpaired) electrons. The number of aliphatic hydroxyl groups excluding tert-OH is 1. The first-order chi connectivity index (χ1) is 14.5. The largest absolute Gasteiger partial charge is 0.452 e. The summed E-state index contributed by atoms with van der Waals surface area (Å²) < 4.78 is 37.4. The van der Waals surface area contributed by atoms with E-state index in [-0.39, 0.29) is 5.92 Å². The van der Waals surface area contributed by atoms with Crippen LogP contribution >= 0.6 is 0 Å². The zero-order valence-corrected chi connectivity index (χ0v) is 18.8. The molecule has 0 bridgehead atoms. The lowest BCUT2D eigenvalue weighted by molar-refractivity contribution is -0.173. The third-order valence-corrected chi connectivity index (χ3v) is 4.40. The van der Waals surface area contributed by atoms with Crippen molar-refractivity contribution in [1.29, 1.82) is 0 Å². The molecule has 10 nitrogen and oxygen atoms in total. The fourth-order valence-electron chi connectivity index (χ4n) is 2.61. The Morgan fingerprint density at radius 2 is 1.19 bits per heavy atom. The molecule has 0 aromatic carbocycles. The van der Waals surface area contributed by atoms with Crippen molar-refractivity contribution in [2.75, 3.05) is 6.61 Å². The maximum absolute atomic E-state index is 12.6. The van der Waals surface area contributed by atoms with Gasteiger partial charge in [-0.05, 0) is 18.8 Å². The number of hydrogen-bond acceptors (Lipinski definition) is 6. The van der Waals surface area contributed by atoms with Crippen molar-refractivity contribution in [3.05, 3.63) is 0 Å². The van der Waals surface area contributed by atoms with E-state index >= 15 is 0 Å². The van der Waals surface area contributed by atoms with Crippen molar-refractivity contribution in [3.8, 4) is 0 Å². The average Bonchev–Trinajstić information content (AvgIpc) is 2.65. The van der Waals surface area contributed by atoms with Crippen molar-refractivity contribution in [1.82, 2.24) is 21.3 Å². The van der Waals surface area contributed by atoms with Crippen molar-refractivity contribution >= 4 is 29.4 Å². The molecule has 0 aliphatic heterocycles. The number of halogens is 3. The van der Waals surface area contributed by atoms with Crippen LogP contribution in [0.15, 0.2) is 0 Å². The van der Waals surface area contributed by atoms with Crippen LogP contribution in [0.5, 0.6) is 0 Å². The maximum atomic E-state index is 12.6. The Hall–Kier alpha value is -2.70. The van der Waals surface area contributed by atoms with Gasteiger partial charge in [0.25, 0.3) is 5.78 Å². The minimum Gasteiger partial charge on any atom is -0.394 e. The molecule has 4 atom stereocenters. The van der Waals surface area contributed by atoms with E-state index in [2.05, 4.69) is 16.0 Å². The number of nitrogens with one attached hydrogen (secondary N) is 4. The normalized spacial score (nSPS) is 15.4. The van der Waals surface area contributed by atoms with Gasteiger partial charge in [0.1, 0.15) is 18.1 Å². The molecule has 0 saturated heterocycles. The number of hydrogen-bond donors (Lipinski definition) is 5. The van der Waals surface area contributed by atoms with Gasteiger partial charge in [0.2, 0.25) is 23.6 Å². The second-order valence-corrected chi connectivity index (χ2v) is 7.99. The van der Waals surface area contributed by atoms with Crippen molar-refractivity contribution in [2.45, 2.75) is 71.9 Å². The van der Waals surface area contributed by atoms with Crippen molar-refractivity contribution < 1.29 is 42.3 Å². The molecule has 0 aromatic heterocycles. The van der Waals surface area contributed by atoms with Crippen LogP contribution in [0, 0.1) is 11.8 Å². The molecule has 0 aromatic rings. The number of ketones is 1. The van der Waals surface area contributed by atoms with Crippen molar-refractivity contribution in [2.24, 2.45) is 11.8 Å². The number of carbonyl (C=O) groups excluding carboxylic acids is 5. The zero-order chi connectivity index (χ0) is 25.4. The van der Waals surface area contributed by atoms with Gasteiger partial charge >= 0.3 is 6.18 Å². The van der Waals surface area contributed by atoms with Crippen LogP contribution in [-0.4, -0.2) is 71.5 Å². The summed E-state index contributed by atoms with van der Waals surface area (Å²) in [5.41, 5.74) is 0. The lowest BCUT2D eigenvalue weighted by Gasteiger charge is -2.28. The Balaban J connectivity index is 5.32. The van der Waals surface area contributed by atoms with Crippen LogP contribution in [-0.2, 0) is 24.0 Å². The Morgan fingerprint density at radius 1 is 0.750 bits per heavy atom. The summed E-state index contributed by atoms with van der Waals surface area (Å²) in [6.45, 7) is 7.61. The van der Waals surface area contributed by atoms with E-state index in [9.17, 15) is 42.3 Å². The smallest absolute Gasteiger partial charge is 0.394 e. The SMILES string of the molecule is CC(=O)N[C@H](C(=O)N[C@H](C(=O)N[C@@H](CO)C(=O)NC(C)C(=O)C(F)(F)F)C(C)C)C(C)C. The van der Waals surface area contributed by atoms with Gasteiger partial charge in [-0.25, -0.2) is 0 Å². The van der Waals surface area contributed by atoms with Gasteiger partial charge in [-0.1, -0.05) is 27.7 Å². The number of amides is 4. The highest BCUT2D eigenvalue weighted by atomic mass is 19.4. The topological polar surface area (TPSA) is 154 Å². The number of Topliss-reactive ketones (excluding diaryl/α,β-unsaturated/α-hetero) is 1. The van der Waals surface area contributed by atoms with Crippen LogP contribution < -0.4 is 21.3 Å². The summed E-state index contributed by atoms with van der Waals surface area (Å²) in [5, 5.41) is 18.3. The standard InChI is InChI=1S/C19H31F3N4O6/c1-8(2)13(24-11(6)28)18(32)26-14(9(3)4)17(31)25-12(7-27)16(30)23-10(5)15(29)19(20,21)22/h8-10,12-14,27H,7H2,1-6H3,(H,23,30)(H,24,28)(H,25,31)(H,26,32)/t10?,12-,13-,14-/m0/s1. The van der Waals surface area contributed by atoms with Crippen LogP contribution in [0.4, 0.5) is 13.2 Å². The van der Waals surface area contributed by atoms with Crippen LogP contribution in [0.25, 0.3) is 0 Å². The highest BCUT2D eigenvalue weighted by Crippen LogP contribution is 2.17. The van der Waals surface area contributed by atoms with Gasteiger partial charge in [-0.2, -0.15) is 13.2 Å². The van der Waals surface area contributed by atoms with Gasteiger partial charge in [-0.15, -0.1) is 0 Å². The molecule has 4 amide bonds.